The van der Waals surface area contributed by atoms with Gasteiger partial charge in [-0.2, -0.15) is 0 Å². The number of carbonyl (C=O) groups excluding carboxylic acids is 2. The predicted molar refractivity (Wildman–Crippen MR) is 114 cm³/mol. The summed E-state index contributed by atoms with van der Waals surface area (Å²) in [6.07, 6.45) is 2.25. The summed E-state index contributed by atoms with van der Waals surface area (Å²) in [6.45, 7) is 8.05. The number of nitrogens with one attached hydrogen (secondary N) is 2. The molecule has 3 rings (SSSR count). The Morgan fingerprint density at radius 2 is 1.68 bits per heavy atom. The average Bonchev–Trinajstić information content (AvgIpc) is 2.69. The van der Waals surface area contributed by atoms with E-state index in [0.29, 0.717) is 22.7 Å². The van der Waals surface area contributed by atoms with E-state index in [9.17, 15) is 9.59 Å². The highest BCUT2D eigenvalue weighted by Gasteiger charge is 2.22. The van der Waals surface area contributed by atoms with Crippen LogP contribution in [0.1, 0.15) is 54.3 Å². The topological polar surface area (TPSA) is 61.4 Å². The van der Waals surface area contributed by atoms with Gasteiger partial charge in [0.1, 0.15) is 0 Å². The maximum absolute atomic E-state index is 12.8. The molecular formula is C23H29N3O2. The molecule has 2 aromatic rings. The molecule has 1 fully saturated rings. The molecule has 0 saturated carbocycles. The van der Waals surface area contributed by atoms with Gasteiger partial charge in [-0.05, 0) is 62.9 Å². The van der Waals surface area contributed by atoms with Crippen LogP contribution in [0.2, 0.25) is 0 Å². The Hall–Kier alpha value is -2.82. The molecule has 0 bridgehead atoms. The number of rotatable bonds is 5. The second-order valence-corrected chi connectivity index (χ2v) is 7.85. The van der Waals surface area contributed by atoms with Gasteiger partial charge in [0.15, 0.2) is 0 Å². The smallest absolute Gasteiger partial charge is 0.255 e. The van der Waals surface area contributed by atoms with Crippen molar-refractivity contribution in [2.24, 2.45) is 5.92 Å². The lowest BCUT2D eigenvalue weighted by molar-refractivity contribution is 0.0942. The molecular weight excluding hydrogens is 350 g/mol. The van der Waals surface area contributed by atoms with Gasteiger partial charge >= 0.3 is 0 Å². The predicted octanol–water partition coefficient (Wildman–Crippen LogP) is 4.31. The lowest BCUT2D eigenvalue weighted by Crippen LogP contribution is -2.36. The Morgan fingerprint density at radius 3 is 2.32 bits per heavy atom. The molecule has 1 aliphatic rings. The zero-order valence-electron chi connectivity index (χ0n) is 16.9. The molecule has 2 N–H and O–H groups in total. The zero-order valence-corrected chi connectivity index (χ0v) is 16.9. The van der Waals surface area contributed by atoms with Crippen LogP contribution in [0.15, 0.2) is 48.5 Å². The van der Waals surface area contributed by atoms with Gasteiger partial charge in [-0.3, -0.25) is 9.59 Å². The third-order valence-corrected chi connectivity index (χ3v) is 5.08. The van der Waals surface area contributed by atoms with Gasteiger partial charge in [0.25, 0.3) is 11.8 Å². The molecule has 1 heterocycles. The Kier molecular flexibility index (Phi) is 6.34. The van der Waals surface area contributed by atoms with Crippen molar-refractivity contribution >= 4 is 23.2 Å². The van der Waals surface area contributed by atoms with E-state index in [-0.39, 0.29) is 17.9 Å². The largest absolute Gasteiger partial charge is 0.371 e. The van der Waals surface area contributed by atoms with Crippen LogP contribution in [-0.4, -0.2) is 30.9 Å². The van der Waals surface area contributed by atoms with Crippen molar-refractivity contribution in [1.29, 1.82) is 0 Å². The van der Waals surface area contributed by atoms with E-state index in [4.69, 9.17) is 0 Å². The number of nitrogens with zero attached hydrogens (tertiary/aromatic N) is 1. The molecule has 5 heteroatoms. The van der Waals surface area contributed by atoms with E-state index < -0.39 is 0 Å². The minimum Gasteiger partial charge on any atom is -0.371 e. The van der Waals surface area contributed by atoms with E-state index in [0.717, 1.165) is 31.6 Å². The monoisotopic (exact) mass is 379 g/mol. The number of hydrogen-bond donors (Lipinski definition) is 2. The number of piperidine rings is 1. The van der Waals surface area contributed by atoms with Crippen molar-refractivity contribution in [3.05, 3.63) is 59.7 Å². The Labute approximate surface area is 167 Å². The van der Waals surface area contributed by atoms with Crippen LogP contribution in [0.4, 0.5) is 11.4 Å². The van der Waals surface area contributed by atoms with Gasteiger partial charge in [0.05, 0.1) is 5.56 Å². The lowest BCUT2D eigenvalue weighted by Gasteiger charge is -2.33. The van der Waals surface area contributed by atoms with Crippen LogP contribution in [0.5, 0.6) is 0 Å². The van der Waals surface area contributed by atoms with Gasteiger partial charge in [-0.1, -0.05) is 25.1 Å². The highest BCUT2D eigenvalue weighted by Crippen LogP contribution is 2.29. The van der Waals surface area contributed by atoms with Crippen molar-refractivity contribution in [2.45, 2.75) is 39.7 Å². The van der Waals surface area contributed by atoms with E-state index in [1.807, 2.05) is 44.2 Å². The van der Waals surface area contributed by atoms with Crippen LogP contribution in [0.25, 0.3) is 0 Å². The normalized spacial score (nSPS) is 14.8. The average molecular weight is 380 g/mol. The molecule has 2 aromatic carbocycles. The summed E-state index contributed by atoms with van der Waals surface area (Å²) in [5.41, 5.74) is 2.75. The van der Waals surface area contributed by atoms with Gasteiger partial charge < -0.3 is 15.5 Å². The second kappa shape index (κ2) is 8.91. The molecule has 1 saturated heterocycles. The third-order valence-electron chi connectivity index (χ3n) is 5.08. The standard InChI is InChI=1S/C23H29N3O2/c1-16(2)24-23(28)20-15-19(25-22(27)18-7-5-4-6-8-18)9-10-21(20)26-13-11-17(3)12-14-26/h4-10,15-17H,11-14H2,1-3H3,(H,24,28)(H,25,27). The molecule has 0 aromatic heterocycles. The quantitative estimate of drug-likeness (QED) is 0.814. The molecule has 0 atom stereocenters. The molecule has 0 unspecified atom stereocenters. The first-order valence-corrected chi connectivity index (χ1v) is 10.0. The maximum Gasteiger partial charge on any atom is 0.255 e. The summed E-state index contributed by atoms with van der Waals surface area (Å²) < 4.78 is 0. The summed E-state index contributed by atoms with van der Waals surface area (Å²) in [4.78, 5) is 27.6. The number of carbonyl (C=O) groups is 2. The van der Waals surface area contributed by atoms with Crippen molar-refractivity contribution in [2.75, 3.05) is 23.3 Å². The van der Waals surface area contributed by atoms with E-state index >= 15 is 0 Å². The Morgan fingerprint density at radius 1 is 1.00 bits per heavy atom. The number of hydrogen-bond acceptors (Lipinski definition) is 3. The highest BCUT2D eigenvalue weighted by atomic mass is 16.2. The summed E-state index contributed by atoms with van der Waals surface area (Å²) in [5.74, 6) is 0.420. The molecule has 0 spiro atoms. The Balaban J connectivity index is 1.86. The van der Waals surface area contributed by atoms with Crippen LogP contribution in [-0.2, 0) is 0 Å². The molecule has 148 valence electrons. The maximum atomic E-state index is 12.8. The summed E-state index contributed by atoms with van der Waals surface area (Å²) in [7, 11) is 0. The molecule has 0 radical (unpaired) electrons. The second-order valence-electron chi connectivity index (χ2n) is 7.85. The molecule has 28 heavy (non-hydrogen) atoms. The molecule has 1 aliphatic heterocycles. The summed E-state index contributed by atoms with van der Waals surface area (Å²) in [6, 6.07) is 14.7. The number of anilines is 2. The van der Waals surface area contributed by atoms with Crippen LogP contribution in [0.3, 0.4) is 0 Å². The van der Waals surface area contributed by atoms with Crippen molar-refractivity contribution in [3.63, 3.8) is 0 Å². The lowest BCUT2D eigenvalue weighted by atomic mass is 9.97. The van der Waals surface area contributed by atoms with E-state index in [2.05, 4.69) is 22.5 Å². The SMILES string of the molecule is CC1CCN(c2ccc(NC(=O)c3ccccc3)cc2C(=O)NC(C)C)CC1. The van der Waals surface area contributed by atoms with Crippen molar-refractivity contribution < 1.29 is 9.59 Å². The first-order valence-electron chi connectivity index (χ1n) is 10.0. The van der Waals surface area contributed by atoms with Gasteiger partial charge in [0, 0.05) is 36.1 Å². The first kappa shape index (κ1) is 19.9. The highest BCUT2D eigenvalue weighted by molar-refractivity contribution is 6.06. The van der Waals surface area contributed by atoms with Crippen LogP contribution < -0.4 is 15.5 Å². The Bertz CT molecular complexity index is 825. The minimum absolute atomic E-state index is 0.0456. The molecule has 2 amide bonds. The van der Waals surface area contributed by atoms with Gasteiger partial charge in [-0.15, -0.1) is 0 Å². The van der Waals surface area contributed by atoms with E-state index in [1.165, 1.54) is 0 Å². The van der Waals surface area contributed by atoms with Crippen LogP contribution >= 0.6 is 0 Å². The van der Waals surface area contributed by atoms with Crippen molar-refractivity contribution in [3.8, 4) is 0 Å². The fourth-order valence-corrected chi connectivity index (χ4v) is 3.45. The number of amides is 2. The number of benzene rings is 2. The molecule has 0 aliphatic carbocycles. The van der Waals surface area contributed by atoms with E-state index in [1.54, 1.807) is 18.2 Å². The fraction of sp³-hybridized carbons (Fsp3) is 0.391. The first-order chi connectivity index (χ1) is 13.4. The van der Waals surface area contributed by atoms with Crippen molar-refractivity contribution in [1.82, 2.24) is 5.32 Å². The van der Waals surface area contributed by atoms with Gasteiger partial charge in [-0.25, -0.2) is 0 Å². The zero-order chi connectivity index (χ0) is 20.1. The van der Waals surface area contributed by atoms with Crippen LogP contribution in [0, 0.1) is 5.92 Å². The summed E-state index contributed by atoms with van der Waals surface area (Å²) >= 11 is 0. The van der Waals surface area contributed by atoms with Gasteiger partial charge in [0.2, 0.25) is 0 Å². The minimum atomic E-state index is -0.185. The molecule has 5 nitrogen and oxygen atoms in total. The fourth-order valence-electron chi connectivity index (χ4n) is 3.45. The summed E-state index contributed by atoms with van der Waals surface area (Å²) in [5, 5.41) is 5.89. The third kappa shape index (κ3) is 4.91.